The van der Waals surface area contributed by atoms with E-state index in [4.69, 9.17) is 4.74 Å². The van der Waals surface area contributed by atoms with E-state index in [2.05, 4.69) is 0 Å². The number of esters is 1. The lowest BCUT2D eigenvalue weighted by Gasteiger charge is -2.07. The zero-order chi connectivity index (χ0) is 19.2. The smallest absolute Gasteiger partial charge is 0.342 e. The fourth-order valence-corrected chi connectivity index (χ4v) is 2.73. The number of ketones is 2. The van der Waals surface area contributed by atoms with Gasteiger partial charge in [-0.15, -0.1) is 0 Å². The summed E-state index contributed by atoms with van der Waals surface area (Å²) in [6.45, 7) is 1.76. The summed E-state index contributed by atoms with van der Waals surface area (Å²) in [5.74, 6) is -1.77. The molecule has 0 saturated carbocycles. The van der Waals surface area contributed by atoms with E-state index in [1.54, 1.807) is 49.4 Å². The summed E-state index contributed by atoms with van der Waals surface area (Å²) < 4.78 is 4.97. The summed E-state index contributed by atoms with van der Waals surface area (Å²) in [5.41, 5.74) is 0.445. The lowest BCUT2D eigenvalue weighted by molar-refractivity contribution is -0.138. The standard InChI is InChI=1S/C23H18O4/c1-2-27-23(26)20(22(25)17-9-4-3-5-10-17)15-21(24)19-13-12-16-8-6-7-11-18(16)14-19/h3-15H,2H2,1H3/b20-15+. The summed E-state index contributed by atoms with van der Waals surface area (Å²) in [6.07, 6.45) is 1.07. The second kappa shape index (κ2) is 8.23. The number of rotatable bonds is 6. The molecule has 0 radical (unpaired) electrons. The molecule has 0 aromatic heterocycles. The van der Waals surface area contributed by atoms with Crippen molar-refractivity contribution in [2.75, 3.05) is 6.61 Å². The van der Waals surface area contributed by atoms with Crippen LogP contribution in [0.5, 0.6) is 0 Å². The minimum absolute atomic E-state index is 0.114. The second-order valence-corrected chi connectivity index (χ2v) is 5.90. The first-order valence-corrected chi connectivity index (χ1v) is 8.62. The van der Waals surface area contributed by atoms with Crippen molar-refractivity contribution < 1.29 is 19.1 Å². The van der Waals surface area contributed by atoms with Gasteiger partial charge in [0, 0.05) is 17.2 Å². The Labute approximate surface area is 157 Å². The number of fused-ring (bicyclic) bond motifs is 1. The molecule has 0 amide bonds. The van der Waals surface area contributed by atoms with Crippen LogP contribution in [0.2, 0.25) is 0 Å². The van der Waals surface area contributed by atoms with Crippen molar-refractivity contribution in [2.45, 2.75) is 6.92 Å². The first kappa shape index (κ1) is 18.3. The van der Waals surface area contributed by atoms with Gasteiger partial charge in [0.15, 0.2) is 11.6 Å². The molecule has 0 fully saturated rings. The third kappa shape index (κ3) is 4.18. The summed E-state index contributed by atoms with van der Waals surface area (Å²) in [7, 11) is 0. The molecule has 0 heterocycles. The van der Waals surface area contributed by atoms with Crippen LogP contribution in [-0.4, -0.2) is 24.1 Å². The first-order chi connectivity index (χ1) is 13.1. The van der Waals surface area contributed by atoms with Gasteiger partial charge in [-0.25, -0.2) is 4.79 Å². The SMILES string of the molecule is CCOC(=O)/C(=C/C(=O)c1ccc2ccccc2c1)C(=O)c1ccccc1. The van der Waals surface area contributed by atoms with Crippen LogP contribution in [0.15, 0.2) is 84.4 Å². The fraction of sp³-hybridized carbons (Fsp3) is 0.0870. The van der Waals surface area contributed by atoms with Crippen LogP contribution in [0.3, 0.4) is 0 Å². The van der Waals surface area contributed by atoms with E-state index in [0.29, 0.717) is 11.1 Å². The van der Waals surface area contributed by atoms with Crippen molar-refractivity contribution in [2.24, 2.45) is 0 Å². The van der Waals surface area contributed by atoms with Gasteiger partial charge >= 0.3 is 5.97 Å². The summed E-state index contributed by atoms with van der Waals surface area (Å²) >= 11 is 0. The second-order valence-electron chi connectivity index (χ2n) is 5.90. The predicted octanol–water partition coefficient (Wildman–Crippen LogP) is 4.39. The van der Waals surface area contributed by atoms with Gasteiger partial charge in [0.1, 0.15) is 5.57 Å². The molecule has 0 atom stereocenters. The van der Waals surface area contributed by atoms with E-state index in [9.17, 15) is 14.4 Å². The van der Waals surface area contributed by atoms with E-state index in [1.807, 2.05) is 30.3 Å². The molecule has 3 rings (SSSR count). The molecule has 0 aliphatic rings. The predicted molar refractivity (Wildman–Crippen MR) is 104 cm³/mol. The molecule has 3 aromatic carbocycles. The van der Waals surface area contributed by atoms with Crippen LogP contribution >= 0.6 is 0 Å². The molecular formula is C23H18O4. The Morgan fingerprint density at radius 3 is 2.19 bits per heavy atom. The molecule has 0 aliphatic heterocycles. The monoisotopic (exact) mass is 358 g/mol. The topological polar surface area (TPSA) is 60.4 Å². The number of ether oxygens (including phenoxy) is 1. The maximum atomic E-state index is 12.7. The van der Waals surface area contributed by atoms with Crippen molar-refractivity contribution >= 4 is 28.3 Å². The number of Topliss-reactive ketones (excluding diaryl/α,β-unsaturated/α-hetero) is 1. The molecule has 0 spiro atoms. The van der Waals surface area contributed by atoms with Crippen molar-refractivity contribution in [3.63, 3.8) is 0 Å². The quantitative estimate of drug-likeness (QED) is 0.215. The number of hydrogen-bond acceptors (Lipinski definition) is 4. The number of carbonyl (C=O) groups is 3. The average Bonchev–Trinajstić information content (AvgIpc) is 2.71. The Morgan fingerprint density at radius 2 is 1.48 bits per heavy atom. The Morgan fingerprint density at radius 1 is 0.815 bits per heavy atom. The van der Waals surface area contributed by atoms with E-state index in [-0.39, 0.29) is 12.2 Å². The van der Waals surface area contributed by atoms with Gasteiger partial charge in [-0.1, -0.05) is 66.7 Å². The van der Waals surface area contributed by atoms with Gasteiger partial charge < -0.3 is 4.74 Å². The van der Waals surface area contributed by atoms with Crippen molar-refractivity contribution in [1.82, 2.24) is 0 Å². The highest BCUT2D eigenvalue weighted by atomic mass is 16.5. The molecular weight excluding hydrogens is 340 g/mol. The summed E-state index contributed by atoms with van der Waals surface area (Å²) in [4.78, 5) is 37.7. The van der Waals surface area contributed by atoms with E-state index >= 15 is 0 Å². The molecule has 27 heavy (non-hydrogen) atoms. The van der Waals surface area contributed by atoms with Crippen LogP contribution < -0.4 is 0 Å². The minimum Gasteiger partial charge on any atom is -0.462 e. The molecule has 0 N–H and O–H groups in total. The van der Waals surface area contributed by atoms with Gasteiger partial charge in [0.05, 0.1) is 6.61 Å². The van der Waals surface area contributed by atoms with Gasteiger partial charge in [-0.2, -0.15) is 0 Å². The molecule has 3 aromatic rings. The van der Waals surface area contributed by atoms with E-state index < -0.39 is 17.5 Å². The maximum absolute atomic E-state index is 12.7. The van der Waals surface area contributed by atoms with Gasteiger partial charge in [-0.05, 0) is 23.8 Å². The highest BCUT2D eigenvalue weighted by Gasteiger charge is 2.22. The third-order valence-corrected chi connectivity index (χ3v) is 4.09. The zero-order valence-electron chi connectivity index (χ0n) is 14.8. The molecule has 0 saturated heterocycles. The van der Waals surface area contributed by atoms with Gasteiger partial charge in [0.2, 0.25) is 0 Å². The van der Waals surface area contributed by atoms with E-state index in [1.165, 1.54) is 0 Å². The Kier molecular flexibility index (Phi) is 5.57. The fourth-order valence-electron chi connectivity index (χ4n) is 2.73. The lowest BCUT2D eigenvalue weighted by atomic mass is 9.99. The Bertz CT molecular complexity index is 1030. The highest BCUT2D eigenvalue weighted by molar-refractivity contribution is 6.27. The van der Waals surface area contributed by atoms with Crippen molar-refractivity contribution in [3.8, 4) is 0 Å². The minimum atomic E-state index is -0.805. The summed E-state index contributed by atoms with van der Waals surface area (Å²) in [5, 5.41) is 1.91. The van der Waals surface area contributed by atoms with Gasteiger partial charge in [-0.3, -0.25) is 9.59 Å². The summed E-state index contributed by atoms with van der Waals surface area (Å²) in [6, 6.07) is 21.2. The molecule has 0 unspecified atom stereocenters. The maximum Gasteiger partial charge on any atom is 0.342 e. The van der Waals surface area contributed by atoms with Crippen molar-refractivity contribution in [3.05, 3.63) is 95.6 Å². The lowest BCUT2D eigenvalue weighted by Crippen LogP contribution is -2.18. The van der Waals surface area contributed by atoms with E-state index in [0.717, 1.165) is 16.8 Å². The number of carbonyl (C=O) groups excluding carboxylic acids is 3. The zero-order valence-corrected chi connectivity index (χ0v) is 14.8. The van der Waals surface area contributed by atoms with Crippen LogP contribution in [0.1, 0.15) is 27.6 Å². The van der Waals surface area contributed by atoms with Crippen LogP contribution in [0.4, 0.5) is 0 Å². The largest absolute Gasteiger partial charge is 0.462 e. The third-order valence-electron chi connectivity index (χ3n) is 4.09. The molecule has 0 bridgehead atoms. The molecule has 4 nitrogen and oxygen atoms in total. The molecule has 4 heteroatoms. The Hall–Kier alpha value is -3.53. The van der Waals surface area contributed by atoms with Crippen molar-refractivity contribution in [1.29, 1.82) is 0 Å². The molecule has 134 valence electrons. The number of hydrogen-bond donors (Lipinski definition) is 0. The van der Waals surface area contributed by atoms with Crippen LogP contribution in [0, 0.1) is 0 Å². The molecule has 0 aliphatic carbocycles. The first-order valence-electron chi connectivity index (χ1n) is 8.62. The normalized spacial score (nSPS) is 11.2. The van der Waals surface area contributed by atoms with Gasteiger partial charge in [0.25, 0.3) is 0 Å². The van der Waals surface area contributed by atoms with Crippen LogP contribution in [-0.2, 0) is 9.53 Å². The highest BCUT2D eigenvalue weighted by Crippen LogP contribution is 2.18. The Balaban J connectivity index is 1.99. The average molecular weight is 358 g/mol. The number of allylic oxidation sites excluding steroid dienone is 1. The number of benzene rings is 3. The van der Waals surface area contributed by atoms with Crippen LogP contribution in [0.25, 0.3) is 10.8 Å².